The molecule has 1 aromatic rings. The first kappa shape index (κ1) is 10.5. The number of hydrogen-bond donors (Lipinski definition) is 0. The van der Waals surface area contributed by atoms with Gasteiger partial charge in [0.1, 0.15) is 10.6 Å². The summed E-state index contributed by atoms with van der Waals surface area (Å²) >= 11 is 0. The molecule has 82 valence electrons. The second kappa shape index (κ2) is 3.85. The molecule has 0 unspecified atom stereocenters. The van der Waals surface area contributed by atoms with Gasteiger partial charge in [-0.05, 0) is 30.9 Å². The fraction of sp³-hybridized carbons (Fsp3) is 0.455. The molecule has 1 aromatic carbocycles. The minimum absolute atomic E-state index is 0.283. The molecule has 1 fully saturated rings. The van der Waals surface area contributed by atoms with Gasteiger partial charge in [0, 0.05) is 6.26 Å². The van der Waals surface area contributed by atoms with Crippen LogP contribution in [0.4, 0.5) is 0 Å². The highest BCUT2D eigenvalue weighted by molar-refractivity contribution is 7.90. The van der Waals surface area contributed by atoms with Crippen molar-refractivity contribution in [3.05, 3.63) is 24.3 Å². The zero-order valence-electron chi connectivity index (χ0n) is 8.64. The standard InChI is InChI=1S/C11H14O3S/c1-15(12,13)11-5-3-2-4-10(11)14-8-9-6-7-9/h2-5,9H,6-8H2,1H3. The molecular formula is C11H14O3S. The average molecular weight is 226 g/mol. The van der Waals surface area contributed by atoms with E-state index in [1.807, 2.05) is 0 Å². The molecule has 0 atom stereocenters. The third-order valence-corrected chi connectivity index (χ3v) is 3.56. The summed E-state index contributed by atoms with van der Waals surface area (Å²) in [5, 5.41) is 0. The van der Waals surface area contributed by atoms with E-state index in [9.17, 15) is 8.42 Å². The third-order valence-electron chi connectivity index (χ3n) is 2.42. The summed E-state index contributed by atoms with van der Waals surface area (Å²) in [4.78, 5) is 0.283. The van der Waals surface area contributed by atoms with Crippen molar-refractivity contribution in [2.45, 2.75) is 17.7 Å². The molecule has 0 aliphatic heterocycles. The smallest absolute Gasteiger partial charge is 0.179 e. The Morgan fingerprint density at radius 3 is 2.60 bits per heavy atom. The molecule has 0 amide bonds. The maximum atomic E-state index is 11.4. The summed E-state index contributed by atoms with van der Waals surface area (Å²) in [6.45, 7) is 0.631. The van der Waals surface area contributed by atoms with Gasteiger partial charge in [-0.3, -0.25) is 0 Å². The Morgan fingerprint density at radius 2 is 2.00 bits per heavy atom. The third kappa shape index (κ3) is 2.72. The minimum Gasteiger partial charge on any atom is -0.492 e. The maximum Gasteiger partial charge on any atom is 0.179 e. The quantitative estimate of drug-likeness (QED) is 0.787. The zero-order valence-corrected chi connectivity index (χ0v) is 9.46. The van der Waals surface area contributed by atoms with E-state index < -0.39 is 9.84 Å². The van der Waals surface area contributed by atoms with E-state index in [1.165, 1.54) is 19.1 Å². The van der Waals surface area contributed by atoms with Crippen LogP contribution in [-0.4, -0.2) is 21.3 Å². The summed E-state index contributed by atoms with van der Waals surface area (Å²) in [6, 6.07) is 6.79. The van der Waals surface area contributed by atoms with Gasteiger partial charge in [-0.15, -0.1) is 0 Å². The lowest BCUT2D eigenvalue weighted by Crippen LogP contribution is -2.05. The highest BCUT2D eigenvalue weighted by Crippen LogP contribution is 2.31. The van der Waals surface area contributed by atoms with Crippen LogP contribution in [0.2, 0.25) is 0 Å². The topological polar surface area (TPSA) is 43.4 Å². The molecular weight excluding hydrogens is 212 g/mol. The van der Waals surface area contributed by atoms with E-state index in [-0.39, 0.29) is 4.90 Å². The number of ether oxygens (including phenoxy) is 1. The lowest BCUT2D eigenvalue weighted by Gasteiger charge is -2.09. The summed E-state index contributed by atoms with van der Waals surface area (Å²) in [5.41, 5.74) is 0. The number of benzene rings is 1. The van der Waals surface area contributed by atoms with Gasteiger partial charge in [-0.2, -0.15) is 0 Å². The predicted octanol–water partition coefficient (Wildman–Crippen LogP) is 1.88. The Bertz CT molecular complexity index is 447. The van der Waals surface area contributed by atoms with Crippen LogP contribution in [-0.2, 0) is 9.84 Å². The molecule has 0 saturated heterocycles. The van der Waals surface area contributed by atoms with E-state index in [2.05, 4.69) is 0 Å². The molecule has 0 bridgehead atoms. The van der Waals surface area contributed by atoms with Crippen molar-refractivity contribution in [3.8, 4) is 5.75 Å². The lowest BCUT2D eigenvalue weighted by molar-refractivity contribution is 0.292. The highest BCUT2D eigenvalue weighted by Gasteiger charge is 2.23. The first-order chi connectivity index (χ1) is 7.07. The van der Waals surface area contributed by atoms with Crippen molar-refractivity contribution in [2.75, 3.05) is 12.9 Å². The van der Waals surface area contributed by atoms with E-state index >= 15 is 0 Å². The van der Waals surface area contributed by atoms with Crippen LogP contribution in [0.3, 0.4) is 0 Å². The molecule has 2 rings (SSSR count). The summed E-state index contributed by atoms with van der Waals surface area (Å²) in [7, 11) is -3.19. The molecule has 0 spiro atoms. The van der Waals surface area contributed by atoms with Crippen LogP contribution in [0.25, 0.3) is 0 Å². The largest absolute Gasteiger partial charge is 0.492 e. The van der Waals surface area contributed by atoms with E-state index in [1.54, 1.807) is 24.3 Å². The lowest BCUT2D eigenvalue weighted by atomic mass is 10.3. The molecule has 15 heavy (non-hydrogen) atoms. The fourth-order valence-electron chi connectivity index (χ4n) is 1.37. The van der Waals surface area contributed by atoms with E-state index in [0.717, 1.165) is 0 Å². The molecule has 1 saturated carbocycles. The van der Waals surface area contributed by atoms with Crippen LogP contribution in [0.5, 0.6) is 5.75 Å². The monoisotopic (exact) mass is 226 g/mol. The van der Waals surface area contributed by atoms with Crippen LogP contribution >= 0.6 is 0 Å². The number of para-hydroxylation sites is 1. The number of rotatable bonds is 4. The van der Waals surface area contributed by atoms with E-state index in [4.69, 9.17) is 4.74 Å². The van der Waals surface area contributed by atoms with Gasteiger partial charge >= 0.3 is 0 Å². The summed E-state index contributed by atoms with van der Waals surface area (Å²) in [6.07, 6.45) is 3.59. The first-order valence-corrected chi connectivity index (χ1v) is 6.88. The summed E-state index contributed by atoms with van der Waals surface area (Å²) < 4.78 is 28.4. The van der Waals surface area contributed by atoms with Crippen molar-refractivity contribution < 1.29 is 13.2 Å². The van der Waals surface area contributed by atoms with Crippen LogP contribution < -0.4 is 4.74 Å². The van der Waals surface area contributed by atoms with E-state index in [0.29, 0.717) is 18.3 Å². The average Bonchev–Trinajstić information content (AvgIpc) is 2.97. The maximum absolute atomic E-state index is 11.4. The zero-order chi connectivity index (χ0) is 10.9. The van der Waals surface area contributed by atoms with Crippen molar-refractivity contribution >= 4 is 9.84 Å². The van der Waals surface area contributed by atoms with Crippen LogP contribution in [0.15, 0.2) is 29.2 Å². The molecule has 0 radical (unpaired) electrons. The van der Waals surface area contributed by atoms with Gasteiger partial charge in [0.15, 0.2) is 9.84 Å². The second-order valence-corrected chi connectivity index (χ2v) is 5.96. The molecule has 3 nitrogen and oxygen atoms in total. The SMILES string of the molecule is CS(=O)(=O)c1ccccc1OCC1CC1. The Morgan fingerprint density at radius 1 is 1.33 bits per heavy atom. The number of sulfone groups is 1. The Kier molecular flexibility index (Phi) is 2.69. The molecule has 0 aromatic heterocycles. The van der Waals surface area contributed by atoms with Crippen molar-refractivity contribution in [1.29, 1.82) is 0 Å². The Balaban J connectivity index is 2.20. The van der Waals surface area contributed by atoms with Crippen LogP contribution in [0.1, 0.15) is 12.8 Å². The molecule has 0 N–H and O–H groups in total. The van der Waals surface area contributed by atoms with Gasteiger partial charge in [0.2, 0.25) is 0 Å². The fourth-order valence-corrected chi connectivity index (χ4v) is 2.19. The van der Waals surface area contributed by atoms with Gasteiger partial charge in [0.25, 0.3) is 0 Å². The molecule has 1 aliphatic rings. The normalized spacial score (nSPS) is 16.3. The van der Waals surface area contributed by atoms with Gasteiger partial charge in [-0.1, -0.05) is 12.1 Å². The second-order valence-electron chi connectivity index (χ2n) is 3.97. The minimum atomic E-state index is -3.19. The van der Waals surface area contributed by atoms with Gasteiger partial charge in [-0.25, -0.2) is 8.42 Å². The van der Waals surface area contributed by atoms with Crippen molar-refractivity contribution in [2.24, 2.45) is 5.92 Å². The van der Waals surface area contributed by atoms with Gasteiger partial charge in [0.05, 0.1) is 6.61 Å². The predicted molar refractivity (Wildman–Crippen MR) is 57.8 cm³/mol. The van der Waals surface area contributed by atoms with Crippen molar-refractivity contribution in [3.63, 3.8) is 0 Å². The van der Waals surface area contributed by atoms with Crippen LogP contribution in [0, 0.1) is 5.92 Å². The highest BCUT2D eigenvalue weighted by atomic mass is 32.2. The molecule has 0 heterocycles. The Hall–Kier alpha value is -1.03. The summed E-state index contributed by atoms with van der Waals surface area (Å²) in [5.74, 6) is 1.10. The first-order valence-electron chi connectivity index (χ1n) is 4.99. The van der Waals surface area contributed by atoms with Gasteiger partial charge < -0.3 is 4.74 Å². The molecule has 1 aliphatic carbocycles. The number of hydrogen-bond acceptors (Lipinski definition) is 3. The molecule has 4 heteroatoms. The Labute approximate surface area is 90.0 Å². The van der Waals surface area contributed by atoms with Crippen molar-refractivity contribution in [1.82, 2.24) is 0 Å².